The van der Waals surface area contributed by atoms with Gasteiger partial charge in [-0.25, -0.2) is 0 Å². The maximum atomic E-state index is 10.4. The average molecular weight is 520 g/mol. The van der Waals surface area contributed by atoms with Gasteiger partial charge < -0.3 is 15.7 Å². The lowest BCUT2D eigenvalue weighted by atomic mass is 10.1. The van der Waals surface area contributed by atoms with Crippen molar-refractivity contribution in [2.45, 2.75) is 46.3 Å². The number of guanidine groups is 1. The van der Waals surface area contributed by atoms with Crippen LogP contribution in [0.25, 0.3) is 0 Å². The SMILES string of the molecule is CCNC(=NCC(O)c1ccc(Cl)cc1)NC(C)Cc1c(C)nn(C)c1C.I. The van der Waals surface area contributed by atoms with Crippen molar-refractivity contribution in [3.05, 3.63) is 51.8 Å². The first-order valence-corrected chi connectivity index (χ1v) is 9.67. The molecular weight excluding hydrogens is 489 g/mol. The van der Waals surface area contributed by atoms with Crippen LogP contribution >= 0.6 is 35.6 Å². The number of nitrogens with zero attached hydrogens (tertiary/aromatic N) is 3. The van der Waals surface area contributed by atoms with Crippen molar-refractivity contribution in [2.24, 2.45) is 12.0 Å². The first kappa shape index (κ1) is 24.7. The van der Waals surface area contributed by atoms with Crippen LogP contribution in [0.1, 0.15) is 42.5 Å². The number of aryl methyl sites for hydroxylation is 2. The van der Waals surface area contributed by atoms with Crippen molar-refractivity contribution in [1.29, 1.82) is 0 Å². The Bertz CT molecular complexity index is 776. The van der Waals surface area contributed by atoms with Gasteiger partial charge in [0.2, 0.25) is 0 Å². The van der Waals surface area contributed by atoms with E-state index in [1.807, 2.05) is 37.7 Å². The third-order valence-electron chi connectivity index (χ3n) is 4.57. The van der Waals surface area contributed by atoms with E-state index in [1.54, 1.807) is 12.1 Å². The highest BCUT2D eigenvalue weighted by molar-refractivity contribution is 14.0. The molecule has 0 saturated heterocycles. The van der Waals surface area contributed by atoms with Crippen LogP contribution in [0, 0.1) is 13.8 Å². The van der Waals surface area contributed by atoms with E-state index in [0.717, 1.165) is 24.2 Å². The molecule has 6 nitrogen and oxygen atoms in total. The lowest BCUT2D eigenvalue weighted by molar-refractivity contribution is 0.187. The fourth-order valence-corrected chi connectivity index (χ4v) is 3.12. The van der Waals surface area contributed by atoms with Gasteiger partial charge in [-0.1, -0.05) is 23.7 Å². The monoisotopic (exact) mass is 519 g/mol. The highest BCUT2D eigenvalue weighted by atomic mass is 127. The number of halogens is 2. The van der Waals surface area contributed by atoms with E-state index in [2.05, 4.69) is 34.6 Å². The van der Waals surface area contributed by atoms with E-state index in [-0.39, 0.29) is 36.6 Å². The maximum Gasteiger partial charge on any atom is 0.191 e. The van der Waals surface area contributed by atoms with Crippen LogP contribution in [0.3, 0.4) is 0 Å². The van der Waals surface area contributed by atoms with Crippen LogP contribution in [0.4, 0.5) is 0 Å². The Morgan fingerprint density at radius 1 is 1.29 bits per heavy atom. The lowest BCUT2D eigenvalue weighted by Gasteiger charge is -2.19. The normalized spacial score (nSPS) is 13.6. The summed E-state index contributed by atoms with van der Waals surface area (Å²) in [5.41, 5.74) is 4.30. The molecule has 3 N–H and O–H groups in total. The van der Waals surface area contributed by atoms with Crippen LogP contribution in [0.15, 0.2) is 29.3 Å². The summed E-state index contributed by atoms with van der Waals surface area (Å²) in [6.45, 7) is 9.29. The van der Waals surface area contributed by atoms with Crippen molar-refractivity contribution in [2.75, 3.05) is 13.1 Å². The van der Waals surface area contributed by atoms with Crippen LogP contribution in [0.5, 0.6) is 0 Å². The molecule has 1 aromatic carbocycles. The number of aromatic nitrogens is 2. The van der Waals surface area contributed by atoms with Gasteiger partial charge in [-0.2, -0.15) is 5.10 Å². The van der Waals surface area contributed by atoms with Crippen molar-refractivity contribution in [3.63, 3.8) is 0 Å². The second-order valence-electron chi connectivity index (χ2n) is 6.81. The van der Waals surface area contributed by atoms with E-state index in [0.29, 0.717) is 11.0 Å². The molecule has 2 aromatic rings. The van der Waals surface area contributed by atoms with Gasteiger partial charge in [0.15, 0.2) is 5.96 Å². The highest BCUT2D eigenvalue weighted by Crippen LogP contribution is 2.17. The van der Waals surface area contributed by atoms with E-state index < -0.39 is 6.10 Å². The van der Waals surface area contributed by atoms with Crippen molar-refractivity contribution in [1.82, 2.24) is 20.4 Å². The molecule has 2 unspecified atom stereocenters. The Kier molecular flexibility index (Phi) is 10.3. The van der Waals surface area contributed by atoms with E-state index in [1.165, 1.54) is 11.3 Å². The lowest BCUT2D eigenvalue weighted by Crippen LogP contribution is -2.43. The minimum atomic E-state index is -0.671. The van der Waals surface area contributed by atoms with Gasteiger partial charge in [0.1, 0.15) is 0 Å². The summed E-state index contributed by atoms with van der Waals surface area (Å²) in [5.74, 6) is 0.692. The molecule has 1 aromatic heterocycles. The van der Waals surface area contributed by atoms with Crippen LogP contribution in [-0.4, -0.2) is 40.0 Å². The van der Waals surface area contributed by atoms with Gasteiger partial charge in [0.05, 0.1) is 18.3 Å². The molecule has 0 aliphatic carbocycles. The molecule has 0 aliphatic heterocycles. The molecule has 0 bridgehead atoms. The van der Waals surface area contributed by atoms with E-state index in [9.17, 15) is 5.11 Å². The molecule has 0 spiro atoms. The van der Waals surface area contributed by atoms with Crippen LogP contribution in [-0.2, 0) is 13.5 Å². The standard InChI is InChI=1S/C20H30ClN5O.HI/c1-6-22-20(23-12-19(27)16-7-9-17(21)10-8-16)24-13(2)11-18-14(3)25-26(5)15(18)4;/h7-10,13,19,27H,6,11-12H2,1-5H3,(H2,22,23,24);1H. The fraction of sp³-hybridized carbons (Fsp3) is 0.500. The number of hydrogen-bond acceptors (Lipinski definition) is 3. The molecule has 1 heterocycles. The summed E-state index contributed by atoms with van der Waals surface area (Å²) in [6, 6.07) is 7.36. The predicted octanol–water partition coefficient (Wildman–Crippen LogP) is 3.53. The zero-order chi connectivity index (χ0) is 20.0. The third-order valence-corrected chi connectivity index (χ3v) is 4.83. The summed E-state index contributed by atoms with van der Waals surface area (Å²) in [4.78, 5) is 4.53. The molecule has 0 amide bonds. The first-order valence-electron chi connectivity index (χ1n) is 9.29. The molecule has 2 atom stereocenters. The minimum absolute atomic E-state index is 0. The van der Waals surface area contributed by atoms with Crippen molar-refractivity contribution >= 4 is 41.5 Å². The minimum Gasteiger partial charge on any atom is -0.386 e. The maximum absolute atomic E-state index is 10.4. The van der Waals surface area contributed by atoms with Crippen LogP contribution in [0.2, 0.25) is 5.02 Å². The van der Waals surface area contributed by atoms with E-state index >= 15 is 0 Å². The van der Waals surface area contributed by atoms with Gasteiger partial charge in [0.25, 0.3) is 0 Å². The molecule has 156 valence electrons. The molecule has 2 rings (SSSR count). The first-order chi connectivity index (χ1) is 12.8. The summed E-state index contributed by atoms with van der Waals surface area (Å²) in [5, 5.41) is 22.1. The Morgan fingerprint density at radius 2 is 1.93 bits per heavy atom. The van der Waals surface area contributed by atoms with Crippen molar-refractivity contribution < 1.29 is 5.11 Å². The second kappa shape index (κ2) is 11.6. The average Bonchev–Trinajstić information content (AvgIpc) is 2.86. The Labute approximate surface area is 189 Å². The number of rotatable bonds is 7. The zero-order valence-electron chi connectivity index (χ0n) is 17.2. The predicted molar refractivity (Wildman–Crippen MR) is 127 cm³/mol. The number of aliphatic hydroxyl groups excluding tert-OH is 1. The quantitative estimate of drug-likeness (QED) is 0.297. The Hall–Kier alpha value is -1.32. The zero-order valence-corrected chi connectivity index (χ0v) is 20.2. The highest BCUT2D eigenvalue weighted by Gasteiger charge is 2.14. The third kappa shape index (κ3) is 6.93. The molecule has 0 fully saturated rings. The molecule has 8 heteroatoms. The summed E-state index contributed by atoms with van der Waals surface area (Å²) >= 11 is 5.90. The van der Waals surface area contributed by atoms with E-state index in [4.69, 9.17) is 11.6 Å². The molecular formula is C20H31ClIN5O. The summed E-state index contributed by atoms with van der Waals surface area (Å²) in [6.07, 6.45) is 0.186. The molecule has 0 saturated carbocycles. The van der Waals surface area contributed by atoms with Gasteiger partial charge >= 0.3 is 0 Å². The largest absolute Gasteiger partial charge is 0.386 e. The summed E-state index contributed by atoms with van der Waals surface area (Å²) < 4.78 is 1.92. The van der Waals surface area contributed by atoms with Crippen LogP contribution < -0.4 is 10.6 Å². The smallest absolute Gasteiger partial charge is 0.191 e. The molecule has 28 heavy (non-hydrogen) atoms. The number of benzene rings is 1. The molecule has 0 aliphatic rings. The number of nitrogens with one attached hydrogen (secondary N) is 2. The fourth-order valence-electron chi connectivity index (χ4n) is 2.99. The Balaban J connectivity index is 0.00000392. The topological polar surface area (TPSA) is 74.5 Å². The summed E-state index contributed by atoms with van der Waals surface area (Å²) in [7, 11) is 1.97. The van der Waals surface area contributed by atoms with Gasteiger partial charge in [-0.3, -0.25) is 9.67 Å². The second-order valence-corrected chi connectivity index (χ2v) is 7.25. The molecule has 0 radical (unpaired) electrons. The number of aliphatic imine (C=N–C) groups is 1. The van der Waals surface area contributed by atoms with Gasteiger partial charge in [-0.05, 0) is 57.4 Å². The van der Waals surface area contributed by atoms with Crippen molar-refractivity contribution in [3.8, 4) is 0 Å². The number of hydrogen-bond donors (Lipinski definition) is 3. The number of aliphatic hydroxyl groups is 1. The van der Waals surface area contributed by atoms with Gasteiger partial charge in [0, 0.05) is 30.4 Å². The Morgan fingerprint density at radius 3 is 2.46 bits per heavy atom. The van der Waals surface area contributed by atoms with Gasteiger partial charge in [-0.15, -0.1) is 24.0 Å².